The van der Waals surface area contributed by atoms with Gasteiger partial charge in [-0.3, -0.25) is 24.2 Å². The van der Waals surface area contributed by atoms with Crippen LogP contribution in [0.5, 0.6) is 0 Å². The Kier molecular flexibility index (Phi) is 4.49. The molecule has 0 unspecified atom stereocenters. The van der Waals surface area contributed by atoms with Crippen molar-refractivity contribution in [1.29, 1.82) is 0 Å². The minimum absolute atomic E-state index is 0.191. The summed E-state index contributed by atoms with van der Waals surface area (Å²) in [6, 6.07) is 7.81. The second-order valence-corrected chi connectivity index (χ2v) is 5.34. The van der Waals surface area contributed by atoms with Crippen molar-refractivity contribution >= 4 is 23.8 Å². The number of hydrogen-bond donors (Lipinski definition) is 1. The molecule has 1 aromatic rings. The van der Waals surface area contributed by atoms with E-state index in [2.05, 4.69) is 5.32 Å². The molecular formula is C16H19N3O4. The molecule has 1 aliphatic heterocycles. The van der Waals surface area contributed by atoms with E-state index in [1.807, 2.05) is 0 Å². The molecule has 1 fully saturated rings. The van der Waals surface area contributed by atoms with E-state index < -0.39 is 35.7 Å². The van der Waals surface area contributed by atoms with Crippen LogP contribution in [-0.2, 0) is 19.8 Å². The number of carbonyl (C=O) groups is 4. The van der Waals surface area contributed by atoms with E-state index in [4.69, 9.17) is 0 Å². The molecule has 1 aliphatic rings. The Labute approximate surface area is 134 Å². The maximum atomic E-state index is 13.0. The molecule has 0 radical (unpaired) electrons. The monoisotopic (exact) mass is 317 g/mol. The molecule has 0 saturated carbocycles. The van der Waals surface area contributed by atoms with Gasteiger partial charge in [-0.25, -0.2) is 4.79 Å². The third-order valence-electron chi connectivity index (χ3n) is 4.18. The maximum Gasteiger partial charge on any atom is 0.333 e. The Morgan fingerprint density at radius 3 is 2.26 bits per heavy atom. The summed E-state index contributed by atoms with van der Waals surface area (Å²) in [6.07, 6.45) is 0.191. The van der Waals surface area contributed by atoms with Gasteiger partial charge in [-0.2, -0.15) is 0 Å². The average Bonchev–Trinajstić information content (AvgIpc) is 2.58. The summed E-state index contributed by atoms with van der Waals surface area (Å²) in [7, 11) is 2.74. The highest BCUT2D eigenvalue weighted by atomic mass is 16.2. The van der Waals surface area contributed by atoms with Crippen LogP contribution in [-0.4, -0.2) is 54.2 Å². The van der Waals surface area contributed by atoms with E-state index in [1.165, 1.54) is 14.1 Å². The van der Waals surface area contributed by atoms with Gasteiger partial charge >= 0.3 is 6.03 Å². The first-order valence-corrected chi connectivity index (χ1v) is 7.30. The predicted molar refractivity (Wildman–Crippen MR) is 82.4 cm³/mol. The highest BCUT2D eigenvalue weighted by molar-refractivity contribution is 6.23. The molecule has 23 heavy (non-hydrogen) atoms. The SMILES string of the molecule is CC[C@]1(c2ccccc2)C(=O)N(C)C(=O)N(CC(=O)NC)C1=O. The lowest BCUT2D eigenvalue weighted by Crippen LogP contribution is -2.67. The van der Waals surface area contributed by atoms with Gasteiger partial charge in [-0.05, 0) is 12.0 Å². The summed E-state index contributed by atoms with van der Waals surface area (Å²) in [5, 5.41) is 2.38. The number of rotatable bonds is 4. The molecule has 7 nitrogen and oxygen atoms in total. The van der Waals surface area contributed by atoms with Crippen molar-refractivity contribution in [1.82, 2.24) is 15.1 Å². The number of likely N-dealkylation sites (N-methyl/N-ethyl adjacent to an activating group) is 2. The van der Waals surface area contributed by atoms with Gasteiger partial charge in [0.15, 0.2) is 5.41 Å². The van der Waals surface area contributed by atoms with Crippen LogP contribution in [0, 0.1) is 0 Å². The van der Waals surface area contributed by atoms with Crippen LogP contribution in [0.1, 0.15) is 18.9 Å². The van der Waals surface area contributed by atoms with E-state index >= 15 is 0 Å². The molecule has 2 rings (SSSR count). The smallest absolute Gasteiger partial charge is 0.333 e. The fourth-order valence-corrected chi connectivity index (χ4v) is 2.80. The number of amides is 5. The average molecular weight is 317 g/mol. The Morgan fingerprint density at radius 1 is 1.13 bits per heavy atom. The predicted octanol–water partition coefficient (Wildman–Crippen LogP) is 0.501. The molecule has 1 N–H and O–H groups in total. The molecule has 5 amide bonds. The van der Waals surface area contributed by atoms with Gasteiger partial charge in [0.2, 0.25) is 5.91 Å². The maximum absolute atomic E-state index is 13.0. The van der Waals surface area contributed by atoms with Gasteiger partial charge in [-0.15, -0.1) is 0 Å². The van der Waals surface area contributed by atoms with E-state index in [9.17, 15) is 19.2 Å². The van der Waals surface area contributed by atoms with Crippen molar-refractivity contribution in [3.8, 4) is 0 Å². The topological polar surface area (TPSA) is 86.8 Å². The summed E-state index contributed by atoms with van der Waals surface area (Å²) >= 11 is 0. The third kappa shape index (κ3) is 2.48. The molecule has 7 heteroatoms. The lowest BCUT2D eigenvalue weighted by Gasteiger charge is -2.42. The summed E-state index contributed by atoms with van der Waals surface area (Å²) in [4.78, 5) is 51.4. The highest BCUT2D eigenvalue weighted by Crippen LogP contribution is 2.36. The highest BCUT2D eigenvalue weighted by Gasteiger charge is 2.56. The first-order chi connectivity index (χ1) is 10.9. The van der Waals surface area contributed by atoms with E-state index in [0.717, 1.165) is 9.80 Å². The molecule has 1 aromatic carbocycles. The third-order valence-corrected chi connectivity index (χ3v) is 4.18. The fraction of sp³-hybridized carbons (Fsp3) is 0.375. The quantitative estimate of drug-likeness (QED) is 0.819. The molecular weight excluding hydrogens is 298 g/mol. The van der Waals surface area contributed by atoms with Crippen LogP contribution in [0.3, 0.4) is 0 Å². The van der Waals surface area contributed by atoms with E-state index in [-0.39, 0.29) is 6.42 Å². The zero-order valence-corrected chi connectivity index (χ0v) is 13.3. The van der Waals surface area contributed by atoms with Crippen molar-refractivity contribution < 1.29 is 19.2 Å². The number of carbonyl (C=O) groups excluding carboxylic acids is 4. The largest absolute Gasteiger partial charge is 0.358 e. The summed E-state index contributed by atoms with van der Waals surface area (Å²) in [5.41, 5.74) is -0.975. The Morgan fingerprint density at radius 2 is 1.74 bits per heavy atom. The fourth-order valence-electron chi connectivity index (χ4n) is 2.80. The second-order valence-electron chi connectivity index (χ2n) is 5.34. The molecule has 122 valence electrons. The van der Waals surface area contributed by atoms with Crippen LogP contribution in [0.2, 0.25) is 0 Å². The molecule has 1 heterocycles. The molecule has 0 aromatic heterocycles. The second kappa shape index (κ2) is 6.20. The van der Waals surface area contributed by atoms with Crippen LogP contribution >= 0.6 is 0 Å². The van der Waals surface area contributed by atoms with Crippen molar-refractivity contribution in [2.75, 3.05) is 20.6 Å². The first kappa shape index (κ1) is 16.7. The lowest BCUT2D eigenvalue weighted by molar-refractivity contribution is -0.153. The van der Waals surface area contributed by atoms with Crippen molar-refractivity contribution in [3.63, 3.8) is 0 Å². The van der Waals surface area contributed by atoms with Crippen molar-refractivity contribution in [3.05, 3.63) is 35.9 Å². The molecule has 1 saturated heterocycles. The van der Waals surface area contributed by atoms with Gasteiger partial charge < -0.3 is 5.32 Å². The molecule has 0 aliphatic carbocycles. The normalized spacial score (nSPS) is 21.6. The van der Waals surface area contributed by atoms with Crippen LogP contribution in [0.15, 0.2) is 30.3 Å². The number of nitrogens with one attached hydrogen (secondary N) is 1. The molecule has 0 spiro atoms. The van der Waals surface area contributed by atoms with Crippen molar-refractivity contribution in [2.24, 2.45) is 0 Å². The van der Waals surface area contributed by atoms with Gasteiger partial charge in [-0.1, -0.05) is 37.3 Å². The van der Waals surface area contributed by atoms with Crippen LogP contribution in [0.25, 0.3) is 0 Å². The number of nitrogens with zero attached hydrogens (tertiary/aromatic N) is 2. The summed E-state index contributed by atoms with van der Waals surface area (Å²) < 4.78 is 0. The van der Waals surface area contributed by atoms with Crippen molar-refractivity contribution in [2.45, 2.75) is 18.8 Å². The number of hydrogen-bond acceptors (Lipinski definition) is 4. The Balaban J connectivity index is 2.56. The summed E-state index contributed by atoms with van der Waals surface area (Å²) in [5.74, 6) is -1.72. The van der Waals surface area contributed by atoms with E-state index in [0.29, 0.717) is 5.56 Å². The van der Waals surface area contributed by atoms with Crippen LogP contribution in [0.4, 0.5) is 4.79 Å². The first-order valence-electron chi connectivity index (χ1n) is 7.30. The zero-order valence-electron chi connectivity index (χ0n) is 13.3. The van der Waals surface area contributed by atoms with Gasteiger partial charge in [0.05, 0.1) is 0 Å². The number of benzene rings is 1. The Bertz CT molecular complexity index is 659. The minimum Gasteiger partial charge on any atom is -0.358 e. The van der Waals surface area contributed by atoms with Gasteiger partial charge in [0.1, 0.15) is 6.54 Å². The molecule has 0 bridgehead atoms. The van der Waals surface area contributed by atoms with Crippen LogP contribution < -0.4 is 5.32 Å². The minimum atomic E-state index is -1.49. The van der Waals surface area contributed by atoms with Gasteiger partial charge in [0.25, 0.3) is 11.8 Å². The van der Waals surface area contributed by atoms with E-state index in [1.54, 1.807) is 37.3 Å². The lowest BCUT2D eigenvalue weighted by atomic mass is 9.74. The number of imide groups is 2. The van der Waals surface area contributed by atoms with Gasteiger partial charge in [0, 0.05) is 14.1 Å². The zero-order chi connectivity index (χ0) is 17.2. The molecule has 1 atom stereocenters. The number of urea groups is 1. The number of barbiturate groups is 1. The summed E-state index contributed by atoms with van der Waals surface area (Å²) in [6.45, 7) is 1.30. The Hall–Kier alpha value is -2.70. The standard InChI is InChI=1S/C16H19N3O4/c1-4-16(11-8-6-5-7-9-11)13(21)18(3)15(23)19(14(16)22)10-12(20)17-2/h5-9H,4,10H2,1-3H3,(H,17,20)/t16-/m0/s1.